The van der Waals surface area contributed by atoms with Crippen LogP contribution in [0.4, 0.5) is 0 Å². The number of carbonyl (C=O) groups is 1. The number of carbonyl (C=O) groups excluding carboxylic acids is 1. The van der Waals surface area contributed by atoms with Crippen molar-refractivity contribution in [2.45, 2.75) is 148 Å². The van der Waals surface area contributed by atoms with E-state index in [1.165, 1.54) is 58.5 Å². The highest BCUT2D eigenvalue weighted by molar-refractivity contribution is 6.70. The molecule has 0 radical (unpaired) electrons. The maximum Gasteiger partial charge on any atom is 0.305 e. The molecule has 0 aliphatic carbocycles. The van der Waals surface area contributed by atoms with E-state index in [9.17, 15) is 4.79 Å². The lowest BCUT2D eigenvalue weighted by Crippen LogP contribution is -2.35. The van der Waals surface area contributed by atoms with Gasteiger partial charge in [0, 0.05) is 18.6 Å². The first kappa shape index (κ1) is 30.8. The van der Waals surface area contributed by atoms with Crippen LogP contribution in [0.15, 0.2) is 0 Å². The Kier molecular flexibility index (Phi) is 17.2. The van der Waals surface area contributed by atoms with Gasteiger partial charge in [0.1, 0.15) is 0 Å². The minimum absolute atomic E-state index is 0.0895. The van der Waals surface area contributed by atoms with E-state index in [1.54, 1.807) is 0 Å². The van der Waals surface area contributed by atoms with E-state index in [-0.39, 0.29) is 5.97 Å². The molecule has 0 saturated heterocycles. The van der Waals surface area contributed by atoms with E-state index in [4.69, 9.17) is 13.6 Å². The molecule has 0 heterocycles. The number of unbranched alkanes of at least 4 members (excludes halogenated alkanes) is 7. The summed E-state index contributed by atoms with van der Waals surface area (Å²) in [5, 5.41) is 0. The Bertz CT molecular complexity index is 444. The zero-order chi connectivity index (χ0) is 23.8. The monoisotopic (exact) mass is 474 g/mol. The number of hydrogen-bond acceptors (Lipinski definition) is 4. The van der Waals surface area contributed by atoms with Crippen molar-refractivity contribution in [2.75, 3.05) is 7.11 Å². The second-order valence-corrected chi connectivity index (χ2v) is 19.9. The summed E-state index contributed by atoms with van der Waals surface area (Å²) in [5.74, 6) is -0.0895. The zero-order valence-corrected chi connectivity index (χ0v) is 24.2. The van der Waals surface area contributed by atoms with Crippen molar-refractivity contribution in [1.82, 2.24) is 0 Å². The molecule has 2 atom stereocenters. The van der Waals surface area contributed by atoms with Crippen LogP contribution in [0.3, 0.4) is 0 Å². The molecular formula is C25H54O4Si2. The average molecular weight is 475 g/mol. The van der Waals surface area contributed by atoms with Crippen LogP contribution in [0, 0.1) is 0 Å². The lowest BCUT2D eigenvalue weighted by molar-refractivity contribution is -0.140. The van der Waals surface area contributed by atoms with Gasteiger partial charge in [-0.3, -0.25) is 4.79 Å². The first-order valence-corrected chi connectivity index (χ1v) is 19.7. The SMILES string of the molecule is CCCCCCC(CCC(CCCCCCCC(=O)OC)O[Si](C)(C)C)O[Si](C)(C)C. The normalized spacial score (nSPS) is 14.5. The summed E-state index contributed by atoms with van der Waals surface area (Å²) in [4.78, 5) is 11.2. The molecule has 0 rings (SSSR count). The molecular weight excluding hydrogens is 420 g/mol. The maximum atomic E-state index is 11.2. The second-order valence-electron chi connectivity index (χ2n) is 11.0. The lowest BCUT2D eigenvalue weighted by atomic mass is 10.0. The molecule has 6 heteroatoms. The molecule has 0 bridgehead atoms. The summed E-state index contributed by atoms with van der Waals surface area (Å²) in [6, 6.07) is 0. The summed E-state index contributed by atoms with van der Waals surface area (Å²) in [7, 11) is -1.62. The first-order chi connectivity index (χ1) is 14.5. The van der Waals surface area contributed by atoms with Gasteiger partial charge in [-0.05, 0) is 71.4 Å². The van der Waals surface area contributed by atoms with E-state index < -0.39 is 16.6 Å². The highest BCUT2D eigenvalue weighted by atomic mass is 28.4. The van der Waals surface area contributed by atoms with Crippen LogP contribution >= 0.6 is 0 Å². The molecule has 31 heavy (non-hydrogen) atoms. The third kappa shape index (κ3) is 21.4. The lowest BCUT2D eigenvalue weighted by Gasteiger charge is -2.30. The van der Waals surface area contributed by atoms with Gasteiger partial charge >= 0.3 is 5.97 Å². The zero-order valence-electron chi connectivity index (χ0n) is 22.2. The van der Waals surface area contributed by atoms with Gasteiger partial charge in [0.15, 0.2) is 16.6 Å². The van der Waals surface area contributed by atoms with Crippen molar-refractivity contribution in [2.24, 2.45) is 0 Å². The van der Waals surface area contributed by atoms with E-state index in [0.29, 0.717) is 18.6 Å². The third-order valence-electron chi connectivity index (χ3n) is 5.37. The van der Waals surface area contributed by atoms with Crippen molar-refractivity contribution < 1.29 is 18.4 Å². The summed E-state index contributed by atoms with van der Waals surface area (Å²) >= 11 is 0. The summed E-state index contributed by atoms with van der Waals surface area (Å²) in [6.07, 6.45) is 16.8. The molecule has 0 N–H and O–H groups in total. The molecule has 0 spiro atoms. The number of methoxy groups -OCH3 is 1. The second kappa shape index (κ2) is 17.3. The molecule has 0 aliphatic rings. The number of hydrogen-bond donors (Lipinski definition) is 0. The molecule has 0 fully saturated rings. The molecule has 4 nitrogen and oxygen atoms in total. The van der Waals surface area contributed by atoms with Gasteiger partial charge in [-0.25, -0.2) is 0 Å². The topological polar surface area (TPSA) is 44.8 Å². The molecule has 0 aromatic rings. The highest BCUT2D eigenvalue weighted by Gasteiger charge is 2.25. The van der Waals surface area contributed by atoms with Crippen molar-refractivity contribution in [3.05, 3.63) is 0 Å². The van der Waals surface area contributed by atoms with Crippen molar-refractivity contribution in [1.29, 1.82) is 0 Å². The van der Waals surface area contributed by atoms with Crippen LogP contribution in [0.1, 0.15) is 96.8 Å². The smallest absolute Gasteiger partial charge is 0.305 e. The number of ether oxygens (including phenoxy) is 1. The Morgan fingerprint density at radius 1 is 0.645 bits per heavy atom. The Hall–Kier alpha value is -0.176. The van der Waals surface area contributed by atoms with Gasteiger partial charge in [0.25, 0.3) is 0 Å². The standard InChI is InChI=1S/C25H54O4Si2/c1-9-10-11-15-18-23(28-30(3,4)5)21-22-24(29-31(6,7)8)19-16-13-12-14-17-20-25(26)27-2/h23-24H,9-22H2,1-8H3. The average Bonchev–Trinajstić information content (AvgIpc) is 2.65. The molecule has 0 amide bonds. The van der Waals surface area contributed by atoms with Gasteiger partial charge in [-0.15, -0.1) is 0 Å². The van der Waals surface area contributed by atoms with Crippen LogP contribution in [-0.2, 0) is 18.4 Å². The third-order valence-corrected chi connectivity index (χ3v) is 7.45. The fourth-order valence-electron chi connectivity index (χ4n) is 3.97. The Morgan fingerprint density at radius 3 is 1.48 bits per heavy atom. The van der Waals surface area contributed by atoms with E-state index in [2.05, 4.69) is 46.2 Å². The van der Waals surface area contributed by atoms with Crippen LogP contribution < -0.4 is 0 Å². The Balaban J connectivity index is 4.47. The molecule has 0 aromatic carbocycles. The van der Waals surface area contributed by atoms with Gasteiger partial charge in [0.2, 0.25) is 0 Å². The van der Waals surface area contributed by atoms with Gasteiger partial charge < -0.3 is 13.6 Å². The summed E-state index contributed by atoms with van der Waals surface area (Å²) in [5.41, 5.74) is 0. The largest absolute Gasteiger partial charge is 0.469 e. The molecule has 0 aromatic heterocycles. The summed E-state index contributed by atoms with van der Waals surface area (Å²) < 4.78 is 17.8. The molecule has 0 saturated carbocycles. The van der Waals surface area contributed by atoms with E-state index >= 15 is 0 Å². The van der Waals surface area contributed by atoms with Gasteiger partial charge in [-0.2, -0.15) is 0 Å². The quantitative estimate of drug-likeness (QED) is 0.102. The predicted octanol–water partition coefficient (Wildman–Crippen LogP) is 8.08. The number of esters is 1. The van der Waals surface area contributed by atoms with Crippen LogP contribution in [0.25, 0.3) is 0 Å². The fourth-order valence-corrected chi connectivity index (χ4v) is 6.44. The van der Waals surface area contributed by atoms with Crippen LogP contribution in [-0.4, -0.2) is 41.9 Å². The first-order valence-electron chi connectivity index (χ1n) is 12.9. The number of rotatable bonds is 20. The van der Waals surface area contributed by atoms with Gasteiger partial charge in [-0.1, -0.05) is 58.3 Å². The minimum Gasteiger partial charge on any atom is -0.469 e. The van der Waals surface area contributed by atoms with Crippen LogP contribution in [0.2, 0.25) is 39.3 Å². The highest BCUT2D eigenvalue weighted by Crippen LogP contribution is 2.23. The molecule has 2 unspecified atom stereocenters. The van der Waals surface area contributed by atoms with Gasteiger partial charge in [0.05, 0.1) is 7.11 Å². The molecule has 186 valence electrons. The Labute approximate surface area is 196 Å². The fraction of sp³-hybridized carbons (Fsp3) is 0.960. The van der Waals surface area contributed by atoms with Crippen molar-refractivity contribution in [3.8, 4) is 0 Å². The maximum absolute atomic E-state index is 11.2. The van der Waals surface area contributed by atoms with Crippen molar-refractivity contribution >= 4 is 22.6 Å². The summed E-state index contributed by atoms with van der Waals surface area (Å²) in [6.45, 7) is 16.1. The van der Waals surface area contributed by atoms with Crippen molar-refractivity contribution in [3.63, 3.8) is 0 Å². The van der Waals surface area contributed by atoms with E-state index in [1.807, 2.05) is 0 Å². The van der Waals surface area contributed by atoms with E-state index in [0.717, 1.165) is 32.1 Å². The van der Waals surface area contributed by atoms with Crippen LogP contribution in [0.5, 0.6) is 0 Å². The minimum atomic E-state index is -1.56. The Morgan fingerprint density at radius 2 is 1.06 bits per heavy atom. The molecule has 0 aliphatic heterocycles. The predicted molar refractivity (Wildman–Crippen MR) is 139 cm³/mol.